The lowest BCUT2D eigenvalue weighted by Crippen LogP contribution is -2.15. The third-order valence-electron chi connectivity index (χ3n) is 4.83. The maximum Gasteiger partial charge on any atom is 0.255 e. The van der Waals surface area contributed by atoms with E-state index in [0.29, 0.717) is 22.7 Å². The van der Waals surface area contributed by atoms with Crippen molar-refractivity contribution in [2.45, 2.75) is 11.9 Å². The minimum Gasteiger partial charge on any atom is -0.495 e. The van der Waals surface area contributed by atoms with Gasteiger partial charge in [-0.05, 0) is 55.5 Å². The molecule has 0 unspecified atom stereocenters. The number of benzene rings is 3. The summed E-state index contributed by atoms with van der Waals surface area (Å²) in [5.41, 5.74) is 4.08. The molecule has 166 valence electrons. The summed E-state index contributed by atoms with van der Waals surface area (Å²) in [6, 6.07) is 21.5. The van der Waals surface area contributed by atoms with Gasteiger partial charge < -0.3 is 15.4 Å². The van der Waals surface area contributed by atoms with Crippen molar-refractivity contribution in [2.24, 2.45) is 0 Å². The van der Waals surface area contributed by atoms with E-state index in [1.54, 1.807) is 43.5 Å². The number of hydrogen-bond acceptors (Lipinski definition) is 6. The number of methoxy groups -OCH3 is 1. The first-order chi connectivity index (χ1) is 16.0. The summed E-state index contributed by atoms with van der Waals surface area (Å²) < 4.78 is 5.26. The number of fused-ring (bicyclic) bond motifs is 1. The number of para-hydroxylation sites is 4. The predicted molar refractivity (Wildman–Crippen MR) is 131 cm³/mol. The molecule has 0 radical (unpaired) electrons. The number of aryl methyl sites for hydroxylation is 1. The Morgan fingerprint density at radius 1 is 0.879 bits per heavy atom. The molecule has 0 aliphatic carbocycles. The summed E-state index contributed by atoms with van der Waals surface area (Å²) in [4.78, 5) is 34.1. The zero-order chi connectivity index (χ0) is 23.2. The van der Waals surface area contributed by atoms with Crippen LogP contribution < -0.4 is 15.4 Å². The number of rotatable bonds is 7. The molecule has 4 rings (SSSR count). The Morgan fingerprint density at radius 2 is 1.55 bits per heavy atom. The lowest BCUT2D eigenvalue weighted by Gasteiger charge is -2.10. The molecule has 4 aromatic rings. The monoisotopic (exact) mass is 458 g/mol. The average Bonchev–Trinajstić information content (AvgIpc) is 2.83. The van der Waals surface area contributed by atoms with Crippen LogP contribution in [0.25, 0.3) is 11.0 Å². The van der Waals surface area contributed by atoms with E-state index in [4.69, 9.17) is 4.74 Å². The van der Waals surface area contributed by atoms with Crippen LogP contribution in [0.5, 0.6) is 5.75 Å². The smallest absolute Gasteiger partial charge is 0.255 e. The molecule has 0 spiro atoms. The van der Waals surface area contributed by atoms with Crippen LogP contribution in [0.1, 0.15) is 16.1 Å². The maximum absolute atomic E-state index is 12.5. The molecule has 1 heterocycles. The van der Waals surface area contributed by atoms with Crippen LogP contribution in [0, 0.1) is 6.92 Å². The van der Waals surface area contributed by atoms with Gasteiger partial charge in [0.25, 0.3) is 5.91 Å². The molecular formula is C25H22N4O3S. The molecule has 0 saturated carbocycles. The standard InChI is InChI=1S/C25H22N4O3S/c1-16-25(29-20-8-4-3-7-19(20)26-16)33-15-23(30)27-18-13-11-17(12-14-18)24(31)28-21-9-5-6-10-22(21)32-2/h3-14H,15H2,1-2H3,(H,27,30)(H,28,31). The number of nitrogens with zero attached hydrogens (tertiary/aromatic N) is 2. The van der Waals surface area contributed by atoms with Crippen LogP contribution in [0.2, 0.25) is 0 Å². The number of amides is 2. The van der Waals surface area contributed by atoms with Crippen LogP contribution in [0.15, 0.2) is 77.8 Å². The summed E-state index contributed by atoms with van der Waals surface area (Å²) in [7, 11) is 1.55. The quantitative estimate of drug-likeness (QED) is 0.382. The lowest BCUT2D eigenvalue weighted by molar-refractivity contribution is -0.113. The summed E-state index contributed by atoms with van der Waals surface area (Å²) in [5.74, 6) is 0.349. The topological polar surface area (TPSA) is 93.2 Å². The van der Waals surface area contributed by atoms with E-state index in [1.807, 2.05) is 43.3 Å². The van der Waals surface area contributed by atoms with E-state index in [9.17, 15) is 9.59 Å². The van der Waals surface area contributed by atoms with Gasteiger partial charge in [-0.2, -0.15) is 0 Å². The number of anilines is 2. The van der Waals surface area contributed by atoms with Gasteiger partial charge in [0.1, 0.15) is 10.8 Å². The zero-order valence-corrected chi connectivity index (χ0v) is 19.0. The first-order valence-electron chi connectivity index (χ1n) is 10.2. The molecule has 8 heteroatoms. The summed E-state index contributed by atoms with van der Waals surface area (Å²) in [6.07, 6.45) is 0. The van der Waals surface area contributed by atoms with Crippen LogP contribution >= 0.6 is 11.8 Å². The van der Waals surface area contributed by atoms with Gasteiger partial charge in [-0.15, -0.1) is 0 Å². The molecule has 0 bridgehead atoms. The fourth-order valence-corrected chi connectivity index (χ4v) is 3.94. The van der Waals surface area contributed by atoms with E-state index in [0.717, 1.165) is 21.8 Å². The van der Waals surface area contributed by atoms with Crippen LogP contribution in [-0.2, 0) is 4.79 Å². The van der Waals surface area contributed by atoms with Gasteiger partial charge in [-0.1, -0.05) is 36.0 Å². The molecular weight excluding hydrogens is 436 g/mol. The fraction of sp³-hybridized carbons (Fsp3) is 0.120. The van der Waals surface area contributed by atoms with Crippen molar-refractivity contribution in [3.05, 3.63) is 84.1 Å². The van der Waals surface area contributed by atoms with Crippen LogP contribution in [-0.4, -0.2) is 34.6 Å². The highest BCUT2D eigenvalue weighted by Gasteiger charge is 2.11. The van der Waals surface area contributed by atoms with Gasteiger partial charge in [0.15, 0.2) is 0 Å². The number of hydrogen-bond donors (Lipinski definition) is 2. The van der Waals surface area contributed by atoms with E-state index in [1.165, 1.54) is 11.8 Å². The van der Waals surface area contributed by atoms with Crippen LogP contribution in [0.4, 0.5) is 11.4 Å². The Labute approximate surface area is 195 Å². The van der Waals surface area contributed by atoms with Crippen molar-refractivity contribution in [2.75, 3.05) is 23.5 Å². The molecule has 2 N–H and O–H groups in total. The van der Waals surface area contributed by atoms with Crippen molar-refractivity contribution >= 4 is 46.0 Å². The van der Waals surface area contributed by atoms with Gasteiger partial charge in [-0.25, -0.2) is 9.97 Å². The minimum absolute atomic E-state index is 0.166. The number of aromatic nitrogens is 2. The Morgan fingerprint density at radius 3 is 2.27 bits per heavy atom. The van der Waals surface area contributed by atoms with Crippen molar-refractivity contribution in [1.29, 1.82) is 0 Å². The molecule has 0 aliphatic rings. The predicted octanol–water partition coefficient (Wildman–Crippen LogP) is 4.93. The van der Waals surface area contributed by atoms with Crippen molar-refractivity contribution in [1.82, 2.24) is 9.97 Å². The number of nitrogens with one attached hydrogen (secondary N) is 2. The molecule has 7 nitrogen and oxygen atoms in total. The van der Waals surface area contributed by atoms with E-state index >= 15 is 0 Å². The fourth-order valence-electron chi connectivity index (χ4n) is 3.19. The van der Waals surface area contributed by atoms with Gasteiger partial charge in [-0.3, -0.25) is 9.59 Å². The van der Waals surface area contributed by atoms with Crippen molar-refractivity contribution < 1.29 is 14.3 Å². The Hall–Kier alpha value is -3.91. The highest BCUT2D eigenvalue weighted by molar-refractivity contribution is 8.00. The second-order valence-corrected chi connectivity index (χ2v) is 8.14. The first-order valence-corrected chi connectivity index (χ1v) is 11.2. The second-order valence-electron chi connectivity index (χ2n) is 7.17. The van der Waals surface area contributed by atoms with E-state index in [-0.39, 0.29) is 17.6 Å². The highest BCUT2D eigenvalue weighted by atomic mass is 32.2. The van der Waals surface area contributed by atoms with Crippen LogP contribution in [0.3, 0.4) is 0 Å². The van der Waals surface area contributed by atoms with Gasteiger partial charge >= 0.3 is 0 Å². The van der Waals surface area contributed by atoms with Gasteiger partial charge in [0, 0.05) is 11.3 Å². The Balaban J connectivity index is 1.34. The Kier molecular flexibility index (Phi) is 6.85. The molecule has 2 amide bonds. The summed E-state index contributed by atoms with van der Waals surface area (Å²) in [6.45, 7) is 1.88. The number of ether oxygens (including phenoxy) is 1. The third kappa shape index (κ3) is 5.48. The molecule has 0 saturated heterocycles. The third-order valence-corrected chi connectivity index (χ3v) is 5.89. The highest BCUT2D eigenvalue weighted by Crippen LogP contribution is 2.24. The number of carbonyl (C=O) groups is 2. The van der Waals surface area contributed by atoms with Crippen molar-refractivity contribution in [3.63, 3.8) is 0 Å². The first kappa shape index (κ1) is 22.3. The summed E-state index contributed by atoms with van der Waals surface area (Å²) >= 11 is 1.34. The van der Waals surface area contributed by atoms with E-state index in [2.05, 4.69) is 20.6 Å². The molecule has 1 aromatic heterocycles. The second kappa shape index (κ2) is 10.1. The van der Waals surface area contributed by atoms with Crippen molar-refractivity contribution in [3.8, 4) is 5.75 Å². The molecule has 33 heavy (non-hydrogen) atoms. The van der Waals surface area contributed by atoms with E-state index < -0.39 is 0 Å². The average molecular weight is 459 g/mol. The minimum atomic E-state index is -0.265. The molecule has 0 aliphatic heterocycles. The largest absolute Gasteiger partial charge is 0.495 e. The number of thioether (sulfide) groups is 1. The normalized spacial score (nSPS) is 10.6. The zero-order valence-electron chi connectivity index (χ0n) is 18.2. The molecule has 3 aromatic carbocycles. The van der Waals surface area contributed by atoms with Gasteiger partial charge in [0.2, 0.25) is 5.91 Å². The Bertz CT molecular complexity index is 1310. The number of carbonyl (C=O) groups excluding carboxylic acids is 2. The van der Waals surface area contributed by atoms with Gasteiger partial charge in [0.05, 0.1) is 35.3 Å². The molecule has 0 atom stereocenters. The molecule has 0 fully saturated rings. The lowest BCUT2D eigenvalue weighted by atomic mass is 10.2. The summed E-state index contributed by atoms with van der Waals surface area (Å²) in [5, 5.41) is 6.40. The maximum atomic E-state index is 12.5. The SMILES string of the molecule is COc1ccccc1NC(=O)c1ccc(NC(=O)CSc2nc3ccccc3nc2C)cc1.